The molecular weight excluding hydrogens is 362 g/mol. The van der Waals surface area contributed by atoms with E-state index >= 15 is 0 Å². The minimum Gasteiger partial charge on any atom is -0.466 e. The Bertz CT molecular complexity index is 737. The van der Waals surface area contributed by atoms with E-state index in [4.69, 9.17) is 4.74 Å². The first kappa shape index (κ1) is 20.1. The molecule has 152 valence electrons. The van der Waals surface area contributed by atoms with Crippen LogP contribution in [0.2, 0.25) is 0 Å². The quantitative estimate of drug-likeness (QED) is 0.437. The van der Waals surface area contributed by atoms with Crippen LogP contribution in [0.1, 0.15) is 49.4 Å². The Morgan fingerprint density at radius 3 is 2.43 bits per heavy atom. The fraction of sp³-hybridized carbons (Fsp3) is 0.600. The van der Waals surface area contributed by atoms with Gasteiger partial charge in [-0.1, -0.05) is 0 Å². The number of anilines is 1. The second-order valence-corrected chi connectivity index (χ2v) is 7.33. The van der Waals surface area contributed by atoms with Crippen molar-refractivity contribution in [3.63, 3.8) is 0 Å². The Kier molecular flexibility index (Phi) is 6.49. The first-order valence-electron chi connectivity index (χ1n) is 10.0. The molecule has 8 nitrogen and oxygen atoms in total. The fourth-order valence-corrected chi connectivity index (χ4v) is 3.97. The predicted molar refractivity (Wildman–Crippen MR) is 104 cm³/mol. The molecule has 0 atom stereocenters. The van der Waals surface area contributed by atoms with Crippen LogP contribution in [0.25, 0.3) is 0 Å². The number of carbonyl (C=O) groups is 2. The van der Waals surface area contributed by atoms with E-state index in [1.165, 1.54) is 6.07 Å². The molecule has 28 heavy (non-hydrogen) atoms. The second-order valence-electron chi connectivity index (χ2n) is 7.33. The number of hydrogen-bond acceptors (Lipinski definition) is 6. The van der Waals surface area contributed by atoms with Crippen LogP contribution in [0.5, 0.6) is 0 Å². The van der Waals surface area contributed by atoms with Crippen molar-refractivity contribution < 1.29 is 19.2 Å². The normalized spacial score (nSPS) is 18.0. The first-order chi connectivity index (χ1) is 13.5. The molecule has 3 rings (SSSR count). The van der Waals surface area contributed by atoms with Gasteiger partial charge in [-0.3, -0.25) is 19.7 Å². The van der Waals surface area contributed by atoms with E-state index in [2.05, 4.69) is 0 Å². The summed E-state index contributed by atoms with van der Waals surface area (Å²) in [6, 6.07) is 4.77. The third-order valence-corrected chi connectivity index (χ3v) is 5.52. The average molecular weight is 389 g/mol. The summed E-state index contributed by atoms with van der Waals surface area (Å²) >= 11 is 0. The molecule has 0 spiro atoms. The largest absolute Gasteiger partial charge is 0.466 e. The lowest BCUT2D eigenvalue weighted by molar-refractivity contribution is -0.384. The summed E-state index contributed by atoms with van der Waals surface area (Å²) in [5, 5.41) is 11.6. The van der Waals surface area contributed by atoms with Crippen molar-refractivity contribution in [3.05, 3.63) is 33.9 Å². The van der Waals surface area contributed by atoms with Gasteiger partial charge in [0.05, 0.1) is 17.4 Å². The van der Waals surface area contributed by atoms with E-state index in [-0.39, 0.29) is 23.5 Å². The molecule has 2 aliphatic rings. The molecule has 0 aromatic heterocycles. The van der Waals surface area contributed by atoms with Gasteiger partial charge in [0.25, 0.3) is 11.6 Å². The van der Waals surface area contributed by atoms with E-state index in [1.54, 1.807) is 24.0 Å². The average Bonchev–Trinajstić information content (AvgIpc) is 2.73. The van der Waals surface area contributed by atoms with Gasteiger partial charge in [-0.15, -0.1) is 0 Å². The van der Waals surface area contributed by atoms with Crippen molar-refractivity contribution >= 4 is 23.3 Å². The van der Waals surface area contributed by atoms with Gasteiger partial charge in [0.2, 0.25) is 0 Å². The molecule has 2 fully saturated rings. The van der Waals surface area contributed by atoms with Crippen molar-refractivity contribution in [1.82, 2.24) is 4.90 Å². The van der Waals surface area contributed by atoms with Crippen molar-refractivity contribution in [3.8, 4) is 0 Å². The maximum Gasteiger partial charge on any atom is 0.309 e. The van der Waals surface area contributed by atoms with Crippen molar-refractivity contribution in [1.29, 1.82) is 0 Å². The summed E-state index contributed by atoms with van der Waals surface area (Å²) in [7, 11) is 0. The zero-order valence-corrected chi connectivity index (χ0v) is 16.3. The van der Waals surface area contributed by atoms with Gasteiger partial charge in [0.1, 0.15) is 5.69 Å². The molecule has 1 aromatic rings. The Labute approximate surface area is 164 Å². The summed E-state index contributed by atoms with van der Waals surface area (Å²) in [5.41, 5.74) is 0.887. The molecule has 1 amide bonds. The minimum atomic E-state index is -0.409. The molecule has 0 unspecified atom stereocenters. The molecular formula is C20H27N3O5. The highest BCUT2D eigenvalue weighted by molar-refractivity contribution is 5.96. The number of nitro groups is 1. The van der Waals surface area contributed by atoms with Crippen LogP contribution in [0.3, 0.4) is 0 Å². The third kappa shape index (κ3) is 4.43. The van der Waals surface area contributed by atoms with E-state index in [0.717, 1.165) is 32.4 Å². The van der Waals surface area contributed by atoms with Gasteiger partial charge in [0.15, 0.2) is 0 Å². The number of nitrogens with zero attached hydrogens (tertiary/aromatic N) is 3. The molecule has 0 radical (unpaired) electrons. The Hall–Kier alpha value is -2.64. The zero-order valence-electron chi connectivity index (χ0n) is 16.3. The number of esters is 1. The summed E-state index contributed by atoms with van der Waals surface area (Å²) < 4.78 is 5.05. The van der Waals surface area contributed by atoms with Crippen LogP contribution in [-0.2, 0) is 9.53 Å². The van der Waals surface area contributed by atoms with E-state index in [0.29, 0.717) is 43.8 Å². The van der Waals surface area contributed by atoms with Crippen molar-refractivity contribution in [2.24, 2.45) is 5.92 Å². The SMILES string of the molecule is CCOC(=O)C1CCN(C(=O)c2ccc(N3CCCCC3)c([N+](=O)[O-])c2)CC1. The highest BCUT2D eigenvalue weighted by Gasteiger charge is 2.30. The number of nitro benzene ring substituents is 1. The van der Waals surface area contributed by atoms with E-state index in [9.17, 15) is 19.7 Å². The van der Waals surface area contributed by atoms with Crippen LogP contribution in [0.15, 0.2) is 18.2 Å². The van der Waals surface area contributed by atoms with E-state index < -0.39 is 4.92 Å². The molecule has 0 N–H and O–H groups in total. The highest BCUT2D eigenvalue weighted by Crippen LogP contribution is 2.32. The number of carbonyl (C=O) groups excluding carboxylic acids is 2. The topological polar surface area (TPSA) is 93.0 Å². The van der Waals surface area contributed by atoms with Gasteiger partial charge in [-0.2, -0.15) is 0 Å². The Morgan fingerprint density at radius 1 is 1.14 bits per heavy atom. The molecule has 2 heterocycles. The van der Waals surface area contributed by atoms with Crippen LogP contribution < -0.4 is 4.90 Å². The first-order valence-corrected chi connectivity index (χ1v) is 10.0. The lowest BCUT2D eigenvalue weighted by Gasteiger charge is -2.31. The second kappa shape index (κ2) is 9.03. The maximum atomic E-state index is 12.8. The molecule has 0 bridgehead atoms. The molecule has 2 aliphatic heterocycles. The van der Waals surface area contributed by atoms with Crippen LogP contribution >= 0.6 is 0 Å². The summed E-state index contributed by atoms with van der Waals surface area (Å²) in [4.78, 5) is 39.6. The minimum absolute atomic E-state index is 0.0193. The number of amides is 1. The molecule has 1 aromatic carbocycles. The fourth-order valence-electron chi connectivity index (χ4n) is 3.97. The summed E-state index contributed by atoms with van der Waals surface area (Å²) in [6.45, 7) is 4.63. The van der Waals surface area contributed by atoms with Crippen LogP contribution in [0, 0.1) is 16.0 Å². The van der Waals surface area contributed by atoms with Gasteiger partial charge in [-0.05, 0) is 51.2 Å². The molecule has 0 aliphatic carbocycles. The smallest absolute Gasteiger partial charge is 0.309 e. The van der Waals surface area contributed by atoms with Crippen LogP contribution in [0.4, 0.5) is 11.4 Å². The highest BCUT2D eigenvalue weighted by atomic mass is 16.6. The monoisotopic (exact) mass is 389 g/mol. The summed E-state index contributed by atoms with van der Waals surface area (Å²) in [6.07, 6.45) is 4.29. The standard InChI is InChI=1S/C20H27N3O5/c1-2-28-20(25)15-8-12-22(13-9-15)19(24)16-6-7-17(18(14-16)23(26)27)21-10-4-3-5-11-21/h6-7,14-15H,2-5,8-13H2,1H3. The Morgan fingerprint density at radius 2 is 1.82 bits per heavy atom. The van der Waals surface area contributed by atoms with Gasteiger partial charge >= 0.3 is 5.97 Å². The lowest BCUT2D eigenvalue weighted by Crippen LogP contribution is -2.40. The number of ether oxygens (including phenoxy) is 1. The summed E-state index contributed by atoms with van der Waals surface area (Å²) in [5.74, 6) is -0.619. The molecule has 8 heteroatoms. The maximum absolute atomic E-state index is 12.8. The predicted octanol–water partition coefficient (Wildman–Crippen LogP) is 3.00. The lowest BCUT2D eigenvalue weighted by atomic mass is 9.96. The van der Waals surface area contributed by atoms with Gasteiger partial charge in [-0.25, -0.2) is 0 Å². The molecule has 0 saturated carbocycles. The number of hydrogen-bond donors (Lipinski definition) is 0. The van der Waals surface area contributed by atoms with E-state index in [1.807, 2.05) is 4.90 Å². The van der Waals surface area contributed by atoms with Crippen molar-refractivity contribution in [2.45, 2.75) is 39.0 Å². The zero-order chi connectivity index (χ0) is 20.1. The number of piperidine rings is 2. The van der Waals surface area contributed by atoms with Gasteiger partial charge < -0.3 is 14.5 Å². The number of likely N-dealkylation sites (tertiary alicyclic amines) is 1. The van der Waals surface area contributed by atoms with Gasteiger partial charge in [0, 0.05) is 37.8 Å². The number of rotatable bonds is 5. The Balaban J connectivity index is 1.71. The van der Waals surface area contributed by atoms with Crippen LogP contribution in [-0.4, -0.2) is 54.5 Å². The third-order valence-electron chi connectivity index (χ3n) is 5.52. The van der Waals surface area contributed by atoms with Crippen molar-refractivity contribution in [2.75, 3.05) is 37.7 Å². The molecule has 2 saturated heterocycles. The number of benzene rings is 1.